The molecule has 0 saturated heterocycles. The highest BCUT2D eigenvalue weighted by molar-refractivity contribution is 7.98. The fourth-order valence-electron chi connectivity index (χ4n) is 4.03. The van der Waals surface area contributed by atoms with Gasteiger partial charge in [0.05, 0.1) is 5.39 Å². The van der Waals surface area contributed by atoms with Crippen LogP contribution in [0.3, 0.4) is 0 Å². The van der Waals surface area contributed by atoms with Gasteiger partial charge in [-0.1, -0.05) is 54.2 Å². The molecular formula is C24H22N2OS2. The monoisotopic (exact) mass is 418 g/mol. The first kappa shape index (κ1) is 18.6. The molecule has 0 atom stereocenters. The molecule has 29 heavy (non-hydrogen) atoms. The highest BCUT2D eigenvalue weighted by Gasteiger charge is 2.16. The molecule has 0 saturated carbocycles. The topological polar surface area (TPSA) is 45.8 Å². The summed E-state index contributed by atoms with van der Waals surface area (Å²) < 4.78 is 0. The van der Waals surface area contributed by atoms with E-state index in [1.807, 2.05) is 12.1 Å². The van der Waals surface area contributed by atoms with E-state index in [0.717, 1.165) is 28.1 Å². The number of hydrogen-bond donors (Lipinski definition) is 1. The molecule has 0 unspecified atom stereocenters. The molecule has 3 nitrogen and oxygen atoms in total. The van der Waals surface area contributed by atoms with Crippen molar-refractivity contribution >= 4 is 33.3 Å². The normalized spacial score (nSPS) is 13.6. The van der Waals surface area contributed by atoms with Crippen LogP contribution in [0.4, 0.5) is 0 Å². The third-order valence-electron chi connectivity index (χ3n) is 5.71. The minimum Gasteiger partial charge on any atom is -0.301 e. The van der Waals surface area contributed by atoms with Gasteiger partial charge in [0.1, 0.15) is 4.83 Å². The van der Waals surface area contributed by atoms with Gasteiger partial charge in [-0.25, -0.2) is 4.98 Å². The van der Waals surface area contributed by atoms with Gasteiger partial charge in [0.2, 0.25) is 0 Å². The maximum atomic E-state index is 12.9. The number of aryl methyl sites for hydroxylation is 3. The Morgan fingerprint density at radius 2 is 1.93 bits per heavy atom. The Balaban J connectivity index is 1.47. The predicted molar refractivity (Wildman–Crippen MR) is 123 cm³/mol. The van der Waals surface area contributed by atoms with Gasteiger partial charge in [0.15, 0.2) is 5.16 Å². The average molecular weight is 419 g/mol. The number of hydrogen-bond acceptors (Lipinski definition) is 4. The second-order valence-electron chi connectivity index (χ2n) is 7.61. The number of nitrogens with zero attached hydrogens (tertiary/aromatic N) is 1. The van der Waals surface area contributed by atoms with Gasteiger partial charge in [0.25, 0.3) is 5.56 Å². The summed E-state index contributed by atoms with van der Waals surface area (Å²) in [5.74, 6) is 0.796. The van der Waals surface area contributed by atoms with E-state index in [0.29, 0.717) is 10.5 Å². The fourth-order valence-corrected chi connectivity index (χ4v) is 5.97. The van der Waals surface area contributed by atoms with Crippen molar-refractivity contribution < 1.29 is 0 Å². The minimum absolute atomic E-state index is 0.0451. The summed E-state index contributed by atoms with van der Waals surface area (Å²) in [4.78, 5) is 21.5. The zero-order chi connectivity index (χ0) is 19.8. The van der Waals surface area contributed by atoms with Gasteiger partial charge in [-0.15, -0.1) is 11.3 Å². The van der Waals surface area contributed by atoms with Gasteiger partial charge < -0.3 is 4.98 Å². The minimum atomic E-state index is -0.0451. The lowest BCUT2D eigenvalue weighted by Crippen LogP contribution is -2.09. The Bertz CT molecular complexity index is 1260. The summed E-state index contributed by atoms with van der Waals surface area (Å²) in [5.41, 5.74) is 7.50. The molecule has 2 heterocycles. The number of fused-ring (bicyclic) bond motifs is 2. The summed E-state index contributed by atoms with van der Waals surface area (Å²) in [6.45, 7) is 2.11. The van der Waals surface area contributed by atoms with Crippen LogP contribution in [0.2, 0.25) is 0 Å². The van der Waals surface area contributed by atoms with Gasteiger partial charge in [0, 0.05) is 16.7 Å². The zero-order valence-electron chi connectivity index (χ0n) is 16.3. The van der Waals surface area contributed by atoms with Crippen LogP contribution in [0.15, 0.2) is 57.8 Å². The van der Waals surface area contributed by atoms with E-state index >= 15 is 0 Å². The van der Waals surface area contributed by atoms with Crippen LogP contribution in [-0.2, 0) is 18.6 Å². The van der Waals surface area contributed by atoms with Gasteiger partial charge >= 0.3 is 0 Å². The molecule has 146 valence electrons. The zero-order valence-corrected chi connectivity index (χ0v) is 18.0. The standard InChI is InChI=1S/C24H22N2OS2/c1-15-6-2-3-9-19(15)13-29-24-25-22(27)21-20(14-28-23(21)26-24)18-11-10-16-7-4-5-8-17(16)12-18/h2-3,6,9-12,14H,4-5,7-8,13H2,1H3,(H,25,26,27). The van der Waals surface area contributed by atoms with E-state index < -0.39 is 0 Å². The average Bonchev–Trinajstić information content (AvgIpc) is 3.17. The van der Waals surface area contributed by atoms with Crippen molar-refractivity contribution in [2.75, 3.05) is 0 Å². The molecule has 0 bridgehead atoms. The van der Waals surface area contributed by atoms with Crippen molar-refractivity contribution in [1.82, 2.24) is 9.97 Å². The molecule has 0 fully saturated rings. The van der Waals surface area contributed by atoms with Crippen molar-refractivity contribution in [2.45, 2.75) is 43.5 Å². The molecule has 4 aromatic rings. The number of aromatic amines is 1. The van der Waals surface area contributed by atoms with Crippen LogP contribution in [-0.4, -0.2) is 9.97 Å². The number of aromatic nitrogens is 2. The lowest BCUT2D eigenvalue weighted by molar-refractivity contribution is 0.686. The highest BCUT2D eigenvalue weighted by Crippen LogP contribution is 2.34. The molecule has 0 aliphatic heterocycles. The van der Waals surface area contributed by atoms with Crippen LogP contribution in [0.5, 0.6) is 0 Å². The molecule has 5 rings (SSSR count). The van der Waals surface area contributed by atoms with E-state index in [1.165, 1.54) is 41.5 Å². The van der Waals surface area contributed by atoms with Gasteiger partial charge in [-0.2, -0.15) is 0 Å². The summed E-state index contributed by atoms with van der Waals surface area (Å²) in [6.07, 6.45) is 4.84. The third-order valence-corrected chi connectivity index (χ3v) is 7.50. The number of H-pyrrole nitrogens is 1. The second kappa shape index (κ2) is 7.81. The molecular weight excluding hydrogens is 396 g/mol. The molecule has 0 amide bonds. The summed E-state index contributed by atoms with van der Waals surface area (Å²) >= 11 is 3.14. The predicted octanol–water partition coefficient (Wildman–Crippen LogP) is 6.13. The first-order valence-electron chi connectivity index (χ1n) is 10.00. The van der Waals surface area contributed by atoms with Crippen LogP contribution >= 0.6 is 23.1 Å². The quantitative estimate of drug-likeness (QED) is 0.320. The summed E-state index contributed by atoms with van der Waals surface area (Å²) in [5, 5.41) is 3.48. The van der Waals surface area contributed by atoms with Crippen LogP contribution in [0, 0.1) is 6.92 Å². The lowest BCUT2D eigenvalue weighted by Gasteiger charge is -2.16. The van der Waals surface area contributed by atoms with E-state index in [-0.39, 0.29) is 5.56 Å². The Labute approximate surface area is 178 Å². The lowest BCUT2D eigenvalue weighted by atomic mass is 9.89. The van der Waals surface area contributed by atoms with Crippen molar-refractivity contribution in [3.05, 3.63) is 80.5 Å². The first-order valence-corrected chi connectivity index (χ1v) is 11.9. The Morgan fingerprint density at radius 1 is 1.10 bits per heavy atom. The maximum Gasteiger partial charge on any atom is 0.260 e. The van der Waals surface area contributed by atoms with Crippen LogP contribution in [0.1, 0.15) is 35.1 Å². The SMILES string of the molecule is Cc1ccccc1CSc1nc2scc(-c3ccc4c(c3)CCCC4)c2c(=O)[nH]1. The molecule has 0 spiro atoms. The Morgan fingerprint density at radius 3 is 2.79 bits per heavy atom. The number of nitrogens with one attached hydrogen (secondary N) is 1. The van der Waals surface area contributed by atoms with Crippen molar-refractivity contribution in [1.29, 1.82) is 0 Å². The van der Waals surface area contributed by atoms with Crippen LogP contribution < -0.4 is 5.56 Å². The van der Waals surface area contributed by atoms with Crippen molar-refractivity contribution in [3.63, 3.8) is 0 Å². The second-order valence-corrected chi connectivity index (χ2v) is 9.43. The van der Waals surface area contributed by atoms with Gasteiger partial charge in [-0.05, 0) is 60.4 Å². The fraction of sp³-hybridized carbons (Fsp3) is 0.250. The first-order chi connectivity index (χ1) is 14.2. The molecule has 2 aromatic heterocycles. The molecule has 1 N–H and O–H groups in total. The molecule has 0 radical (unpaired) electrons. The number of benzene rings is 2. The van der Waals surface area contributed by atoms with E-state index in [9.17, 15) is 4.79 Å². The van der Waals surface area contributed by atoms with Crippen molar-refractivity contribution in [2.24, 2.45) is 0 Å². The summed E-state index contributed by atoms with van der Waals surface area (Å²) in [7, 11) is 0. The maximum absolute atomic E-state index is 12.9. The highest BCUT2D eigenvalue weighted by atomic mass is 32.2. The van der Waals surface area contributed by atoms with E-state index in [2.05, 4.69) is 47.6 Å². The Kier molecular flexibility index (Phi) is 5.02. The van der Waals surface area contributed by atoms with E-state index in [1.54, 1.807) is 23.1 Å². The molecule has 1 aliphatic rings. The summed E-state index contributed by atoms with van der Waals surface area (Å²) in [6, 6.07) is 15.0. The van der Waals surface area contributed by atoms with E-state index in [4.69, 9.17) is 4.98 Å². The Hall–Kier alpha value is -2.37. The number of thiophene rings is 1. The largest absolute Gasteiger partial charge is 0.301 e. The van der Waals surface area contributed by atoms with Crippen molar-refractivity contribution in [3.8, 4) is 11.1 Å². The smallest absolute Gasteiger partial charge is 0.260 e. The molecule has 5 heteroatoms. The molecule has 2 aromatic carbocycles. The molecule has 1 aliphatic carbocycles. The number of thioether (sulfide) groups is 1. The van der Waals surface area contributed by atoms with Crippen LogP contribution in [0.25, 0.3) is 21.3 Å². The third kappa shape index (κ3) is 3.65. The van der Waals surface area contributed by atoms with Gasteiger partial charge in [-0.3, -0.25) is 4.79 Å². The number of rotatable bonds is 4.